The van der Waals surface area contributed by atoms with Gasteiger partial charge < -0.3 is 9.80 Å². The molecule has 1 heterocycles. The predicted molar refractivity (Wildman–Crippen MR) is 117 cm³/mol. The van der Waals surface area contributed by atoms with E-state index in [1.165, 1.54) is 19.3 Å². The topological polar surface area (TPSA) is 43.9 Å². The van der Waals surface area contributed by atoms with E-state index in [0.29, 0.717) is 25.7 Å². The fourth-order valence-corrected chi connectivity index (χ4v) is 4.80. The van der Waals surface area contributed by atoms with Crippen molar-refractivity contribution in [3.8, 4) is 0 Å². The number of hydrogen-bond acceptors (Lipinski definition) is 3. The first-order valence-electron chi connectivity index (χ1n) is 11.3. The first kappa shape index (κ1) is 21.8. The minimum absolute atomic E-state index is 0.173. The van der Waals surface area contributed by atoms with E-state index in [-0.39, 0.29) is 11.8 Å². The molecule has 0 spiro atoms. The third-order valence-electron chi connectivity index (χ3n) is 6.73. The second-order valence-electron chi connectivity index (χ2n) is 9.03. The van der Waals surface area contributed by atoms with Crippen LogP contribution in [0.2, 0.25) is 0 Å². The predicted octanol–water partition coefficient (Wildman–Crippen LogP) is 3.29. The van der Waals surface area contributed by atoms with Gasteiger partial charge in [0, 0.05) is 38.8 Å². The molecular weight excluding hydrogens is 362 g/mol. The number of benzene rings is 1. The fourth-order valence-electron chi connectivity index (χ4n) is 4.80. The van der Waals surface area contributed by atoms with Crippen LogP contribution in [0.5, 0.6) is 0 Å². The Kier molecular flexibility index (Phi) is 7.33. The maximum absolute atomic E-state index is 13.1. The molecule has 0 aromatic heterocycles. The molecule has 2 amide bonds. The van der Waals surface area contributed by atoms with Gasteiger partial charge in [-0.3, -0.25) is 14.5 Å². The van der Waals surface area contributed by atoms with Crippen molar-refractivity contribution in [2.24, 2.45) is 0 Å². The minimum Gasteiger partial charge on any atom is -0.339 e. The number of nitrogens with zero attached hydrogens (tertiary/aromatic N) is 3. The maximum atomic E-state index is 13.1. The van der Waals surface area contributed by atoms with Crippen molar-refractivity contribution in [2.45, 2.75) is 64.3 Å². The summed E-state index contributed by atoms with van der Waals surface area (Å²) in [5.74, 6) is 0.427. The summed E-state index contributed by atoms with van der Waals surface area (Å²) in [6.07, 6.45) is 6.09. The lowest BCUT2D eigenvalue weighted by Gasteiger charge is -2.40. The van der Waals surface area contributed by atoms with Crippen LogP contribution < -0.4 is 0 Å². The van der Waals surface area contributed by atoms with Crippen molar-refractivity contribution >= 4 is 11.8 Å². The molecule has 1 aliphatic heterocycles. The Labute approximate surface area is 176 Å². The number of likely N-dealkylation sites (N-methyl/N-ethyl adjacent to an activating group) is 1. The summed E-state index contributed by atoms with van der Waals surface area (Å²) in [4.78, 5) is 32.3. The molecule has 0 unspecified atom stereocenters. The standard InChI is InChI=1S/C24H37N3O2/c1-4-27(21-13-9-6-10-14-21)22(28)19-25-15-17-26(18-16-25)23(29)24(2,3)20-11-7-5-8-12-20/h5,7-8,11-12,21H,4,6,9-10,13-19H2,1-3H3. The Morgan fingerprint density at radius 1 is 1.00 bits per heavy atom. The Hall–Kier alpha value is -1.88. The van der Waals surface area contributed by atoms with E-state index in [1.54, 1.807) is 0 Å². The molecule has 160 valence electrons. The van der Waals surface area contributed by atoms with E-state index >= 15 is 0 Å². The van der Waals surface area contributed by atoms with E-state index in [9.17, 15) is 9.59 Å². The van der Waals surface area contributed by atoms with E-state index in [1.807, 2.05) is 49.1 Å². The highest BCUT2D eigenvalue weighted by molar-refractivity contribution is 5.87. The van der Waals surface area contributed by atoms with E-state index in [2.05, 4.69) is 16.7 Å². The van der Waals surface area contributed by atoms with Crippen LogP contribution in [0.1, 0.15) is 58.4 Å². The number of rotatable bonds is 6. The Balaban J connectivity index is 1.52. The zero-order chi connectivity index (χ0) is 20.9. The maximum Gasteiger partial charge on any atom is 0.236 e. The average molecular weight is 400 g/mol. The molecule has 2 aliphatic rings. The smallest absolute Gasteiger partial charge is 0.236 e. The monoisotopic (exact) mass is 399 g/mol. The lowest BCUT2D eigenvalue weighted by atomic mass is 9.83. The summed E-state index contributed by atoms with van der Waals surface area (Å²) in [5.41, 5.74) is 0.521. The van der Waals surface area contributed by atoms with Gasteiger partial charge in [0.15, 0.2) is 0 Å². The number of carbonyl (C=O) groups is 2. The quantitative estimate of drug-likeness (QED) is 0.737. The van der Waals surface area contributed by atoms with Crippen molar-refractivity contribution < 1.29 is 9.59 Å². The lowest BCUT2D eigenvalue weighted by molar-refractivity contribution is -0.139. The van der Waals surface area contributed by atoms with Gasteiger partial charge in [-0.15, -0.1) is 0 Å². The van der Waals surface area contributed by atoms with Crippen molar-refractivity contribution in [3.05, 3.63) is 35.9 Å². The van der Waals surface area contributed by atoms with Gasteiger partial charge in [0.05, 0.1) is 12.0 Å². The van der Waals surface area contributed by atoms with Gasteiger partial charge in [0.2, 0.25) is 11.8 Å². The molecule has 1 aromatic rings. The first-order valence-corrected chi connectivity index (χ1v) is 11.3. The van der Waals surface area contributed by atoms with Crippen molar-refractivity contribution in [1.82, 2.24) is 14.7 Å². The van der Waals surface area contributed by atoms with Crippen LogP contribution in [0, 0.1) is 0 Å². The van der Waals surface area contributed by atoms with Gasteiger partial charge in [-0.1, -0.05) is 49.6 Å². The van der Waals surface area contributed by atoms with Gasteiger partial charge in [0.1, 0.15) is 0 Å². The molecule has 1 saturated heterocycles. The fraction of sp³-hybridized carbons (Fsp3) is 0.667. The van der Waals surface area contributed by atoms with E-state index in [0.717, 1.165) is 38.0 Å². The average Bonchev–Trinajstić information content (AvgIpc) is 2.75. The summed E-state index contributed by atoms with van der Waals surface area (Å²) in [6, 6.07) is 10.4. The van der Waals surface area contributed by atoms with Crippen LogP contribution in [-0.4, -0.2) is 71.8 Å². The van der Waals surface area contributed by atoms with Crippen LogP contribution in [0.15, 0.2) is 30.3 Å². The summed E-state index contributed by atoms with van der Waals surface area (Å²) in [6.45, 7) is 10.3. The molecule has 2 fully saturated rings. The first-order chi connectivity index (χ1) is 13.9. The molecule has 0 bridgehead atoms. The third-order valence-corrected chi connectivity index (χ3v) is 6.73. The zero-order valence-electron chi connectivity index (χ0n) is 18.4. The molecule has 1 saturated carbocycles. The molecule has 29 heavy (non-hydrogen) atoms. The van der Waals surface area contributed by atoms with Gasteiger partial charge in [-0.2, -0.15) is 0 Å². The van der Waals surface area contributed by atoms with Crippen molar-refractivity contribution in [2.75, 3.05) is 39.3 Å². The normalized spacial score (nSPS) is 19.2. The summed E-state index contributed by atoms with van der Waals surface area (Å²) in [5, 5.41) is 0. The third kappa shape index (κ3) is 5.19. The van der Waals surface area contributed by atoms with E-state index < -0.39 is 5.41 Å². The number of hydrogen-bond donors (Lipinski definition) is 0. The Morgan fingerprint density at radius 3 is 2.21 bits per heavy atom. The van der Waals surface area contributed by atoms with Gasteiger partial charge in [-0.25, -0.2) is 0 Å². The number of amides is 2. The molecule has 1 aromatic carbocycles. The lowest BCUT2D eigenvalue weighted by Crippen LogP contribution is -2.55. The zero-order valence-corrected chi connectivity index (χ0v) is 18.4. The molecule has 1 aliphatic carbocycles. The molecule has 0 radical (unpaired) electrons. The van der Waals surface area contributed by atoms with Gasteiger partial charge in [-0.05, 0) is 39.2 Å². The van der Waals surface area contributed by atoms with Crippen molar-refractivity contribution in [1.29, 1.82) is 0 Å². The van der Waals surface area contributed by atoms with Crippen LogP contribution in [-0.2, 0) is 15.0 Å². The largest absolute Gasteiger partial charge is 0.339 e. The highest BCUT2D eigenvalue weighted by atomic mass is 16.2. The van der Waals surface area contributed by atoms with Crippen LogP contribution in [0.25, 0.3) is 0 Å². The van der Waals surface area contributed by atoms with Crippen LogP contribution >= 0.6 is 0 Å². The molecular formula is C24H37N3O2. The summed E-state index contributed by atoms with van der Waals surface area (Å²) >= 11 is 0. The Morgan fingerprint density at radius 2 is 1.62 bits per heavy atom. The highest BCUT2D eigenvalue weighted by Crippen LogP contribution is 2.26. The highest BCUT2D eigenvalue weighted by Gasteiger charge is 2.35. The molecule has 0 atom stereocenters. The molecule has 0 N–H and O–H groups in total. The van der Waals surface area contributed by atoms with Gasteiger partial charge in [0.25, 0.3) is 0 Å². The second kappa shape index (κ2) is 9.75. The van der Waals surface area contributed by atoms with E-state index in [4.69, 9.17) is 0 Å². The molecule has 3 rings (SSSR count). The minimum atomic E-state index is -0.529. The Bertz CT molecular complexity index is 675. The van der Waals surface area contributed by atoms with Gasteiger partial charge >= 0.3 is 0 Å². The molecule has 5 heteroatoms. The number of carbonyl (C=O) groups excluding carboxylic acids is 2. The SMILES string of the molecule is CCN(C(=O)CN1CCN(C(=O)C(C)(C)c2ccccc2)CC1)C1CCCCC1. The molecule has 5 nitrogen and oxygen atoms in total. The van der Waals surface area contributed by atoms with Crippen LogP contribution in [0.3, 0.4) is 0 Å². The van der Waals surface area contributed by atoms with Crippen LogP contribution in [0.4, 0.5) is 0 Å². The second-order valence-corrected chi connectivity index (χ2v) is 9.03. The summed E-state index contributed by atoms with van der Waals surface area (Å²) < 4.78 is 0. The van der Waals surface area contributed by atoms with Crippen molar-refractivity contribution in [3.63, 3.8) is 0 Å². The number of piperazine rings is 1. The summed E-state index contributed by atoms with van der Waals surface area (Å²) in [7, 11) is 0.